The minimum atomic E-state index is -3.45. The summed E-state index contributed by atoms with van der Waals surface area (Å²) in [6.07, 6.45) is 4.29. The van der Waals surface area contributed by atoms with Crippen LogP contribution in [-0.2, 0) is 22.7 Å². The standard InChI is InChI=1S/C18H36Cl2N6O4P/c1-5-26(3,4)14-8-6-7-11-22-31(29,24(12-9-19)13-10-20)30-16-17-15-21-18(23(17)2)25(27)28/h15H,5-14,16H2,1-4H3,(H,22,29)/q+1. The summed E-state index contributed by atoms with van der Waals surface area (Å²) in [7, 11) is 2.49. The van der Waals surface area contributed by atoms with Crippen LogP contribution in [0.25, 0.3) is 0 Å². The zero-order chi connectivity index (χ0) is 23.5. The minimum Gasteiger partial charge on any atom is -0.390 e. The fraction of sp³-hybridized carbons (Fsp3) is 0.833. The van der Waals surface area contributed by atoms with Crippen molar-refractivity contribution in [1.82, 2.24) is 19.3 Å². The quantitative estimate of drug-likeness (QED) is 0.0868. The Morgan fingerprint density at radius 2 is 1.94 bits per heavy atom. The van der Waals surface area contributed by atoms with Gasteiger partial charge >= 0.3 is 13.6 Å². The maximum atomic E-state index is 13.7. The van der Waals surface area contributed by atoms with Gasteiger partial charge in [-0.15, -0.1) is 23.2 Å². The molecule has 1 aromatic heterocycles. The van der Waals surface area contributed by atoms with E-state index in [1.165, 1.54) is 17.8 Å². The van der Waals surface area contributed by atoms with Crippen LogP contribution in [0.15, 0.2) is 6.20 Å². The van der Waals surface area contributed by atoms with Gasteiger partial charge in [-0.3, -0.25) is 9.09 Å². The lowest BCUT2D eigenvalue weighted by molar-refractivity contribution is -0.888. The van der Waals surface area contributed by atoms with Gasteiger partial charge in [0.1, 0.15) is 18.5 Å². The highest BCUT2D eigenvalue weighted by Crippen LogP contribution is 2.47. The van der Waals surface area contributed by atoms with E-state index < -0.39 is 12.6 Å². The molecular weight excluding hydrogens is 466 g/mol. The molecule has 1 atom stereocenters. The van der Waals surface area contributed by atoms with Gasteiger partial charge < -0.3 is 14.6 Å². The molecule has 1 heterocycles. The number of halogens is 2. The van der Waals surface area contributed by atoms with Crippen molar-refractivity contribution < 1.29 is 18.5 Å². The van der Waals surface area contributed by atoms with Crippen LogP contribution in [0.5, 0.6) is 0 Å². The molecule has 0 saturated carbocycles. The Kier molecular flexibility index (Phi) is 12.5. The largest absolute Gasteiger partial charge is 0.434 e. The highest BCUT2D eigenvalue weighted by Gasteiger charge is 2.32. The molecule has 0 spiro atoms. The maximum Gasteiger partial charge on any atom is 0.434 e. The first-order valence-electron chi connectivity index (χ1n) is 10.4. The molecule has 13 heteroatoms. The average Bonchev–Trinajstić information content (AvgIpc) is 3.09. The highest BCUT2D eigenvalue weighted by molar-refractivity contribution is 7.54. The summed E-state index contributed by atoms with van der Waals surface area (Å²) in [5, 5.41) is 14.1. The summed E-state index contributed by atoms with van der Waals surface area (Å²) in [5.41, 5.74) is 0.449. The number of alkyl halides is 2. The van der Waals surface area contributed by atoms with Crippen molar-refractivity contribution in [3.63, 3.8) is 0 Å². The third-order valence-corrected chi connectivity index (χ3v) is 7.86. The van der Waals surface area contributed by atoms with Gasteiger partial charge in [0.15, 0.2) is 0 Å². The first-order chi connectivity index (χ1) is 14.6. The van der Waals surface area contributed by atoms with E-state index in [4.69, 9.17) is 27.7 Å². The monoisotopic (exact) mass is 501 g/mol. The summed E-state index contributed by atoms with van der Waals surface area (Å²) in [6, 6.07) is 0. The lowest BCUT2D eigenvalue weighted by atomic mass is 10.2. The second-order valence-electron chi connectivity index (χ2n) is 7.94. The van der Waals surface area contributed by atoms with E-state index in [0.717, 1.165) is 36.8 Å². The normalized spacial score (nSPS) is 14.2. The smallest absolute Gasteiger partial charge is 0.390 e. The molecule has 0 aromatic carbocycles. The van der Waals surface area contributed by atoms with Crippen molar-refractivity contribution in [2.45, 2.75) is 32.8 Å². The number of quaternary nitrogens is 1. The van der Waals surface area contributed by atoms with Crippen molar-refractivity contribution in [2.75, 3.05) is 58.6 Å². The summed E-state index contributed by atoms with van der Waals surface area (Å²) in [6.45, 7) is 5.45. The van der Waals surface area contributed by atoms with Crippen LogP contribution in [0, 0.1) is 10.1 Å². The molecule has 1 N–H and O–H groups in total. The topological polar surface area (TPSA) is 103 Å². The first-order valence-corrected chi connectivity index (χ1v) is 13.1. The molecule has 0 amide bonds. The summed E-state index contributed by atoms with van der Waals surface area (Å²) < 4.78 is 23.4. The Morgan fingerprint density at radius 3 is 2.45 bits per heavy atom. The Balaban J connectivity index is 2.76. The van der Waals surface area contributed by atoms with Gasteiger partial charge in [0, 0.05) is 31.4 Å². The SMILES string of the molecule is CC[N+](C)(C)CCCCCNP(=O)(OCc1cnc([N+](=O)[O-])n1C)N(CCCl)CCCl. The number of nitro groups is 1. The predicted octanol–water partition coefficient (Wildman–Crippen LogP) is 3.59. The van der Waals surface area contributed by atoms with E-state index >= 15 is 0 Å². The van der Waals surface area contributed by atoms with Crippen LogP contribution in [0.3, 0.4) is 0 Å². The summed E-state index contributed by atoms with van der Waals surface area (Å²) >= 11 is 11.8. The van der Waals surface area contributed by atoms with Crippen LogP contribution in [0.4, 0.5) is 5.95 Å². The molecule has 0 aliphatic carbocycles. The molecule has 1 aromatic rings. The highest BCUT2D eigenvalue weighted by atomic mass is 35.5. The van der Waals surface area contributed by atoms with Crippen LogP contribution in [-0.4, -0.2) is 82.2 Å². The Hall–Kier alpha value is -0.740. The average molecular weight is 502 g/mol. The van der Waals surface area contributed by atoms with Crippen molar-refractivity contribution in [1.29, 1.82) is 0 Å². The summed E-state index contributed by atoms with van der Waals surface area (Å²) in [4.78, 5) is 14.2. The zero-order valence-electron chi connectivity index (χ0n) is 18.9. The molecular formula is C18H36Cl2N6O4P+. The third kappa shape index (κ3) is 9.34. The number of aromatic nitrogens is 2. The first kappa shape index (κ1) is 28.3. The number of unbranched alkanes of at least 4 members (excludes halogenated alkanes) is 2. The van der Waals surface area contributed by atoms with Gasteiger partial charge in [-0.1, -0.05) is 4.98 Å². The van der Waals surface area contributed by atoms with Crippen molar-refractivity contribution in [3.8, 4) is 0 Å². The van der Waals surface area contributed by atoms with E-state index in [-0.39, 0.29) is 24.3 Å². The molecule has 10 nitrogen and oxygen atoms in total. The summed E-state index contributed by atoms with van der Waals surface area (Å²) in [5.74, 6) is 0.244. The number of imidazole rings is 1. The molecule has 0 aliphatic rings. The molecule has 0 saturated heterocycles. The van der Waals surface area contributed by atoms with Gasteiger partial charge in [0.25, 0.3) is 0 Å². The molecule has 0 fully saturated rings. The Morgan fingerprint density at radius 1 is 1.29 bits per heavy atom. The Labute approximate surface area is 195 Å². The van der Waals surface area contributed by atoms with E-state index in [9.17, 15) is 14.7 Å². The van der Waals surface area contributed by atoms with Gasteiger partial charge in [0.2, 0.25) is 0 Å². The number of nitrogens with one attached hydrogen (secondary N) is 1. The van der Waals surface area contributed by atoms with Crippen LogP contribution in [0.1, 0.15) is 31.9 Å². The Bertz CT molecular complexity index is 728. The fourth-order valence-corrected chi connectivity index (χ4v) is 5.48. The molecule has 0 radical (unpaired) electrons. The number of nitrogens with zero attached hydrogens (tertiary/aromatic N) is 5. The molecule has 0 aliphatic heterocycles. The van der Waals surface area contributed by atoms with E-state index in [2.05, 4.69) is 31.1 Å². The second-order valence-corrected chi connectivity index (χ2v) is 10.9. The fourth-order valence-electron chi connectivity index (χ4n) is 2.91. The maximum absolute atomic E-state index is 13.7. The van der Waals surface area contributed by atoms with Crippen LogP contribution >= 0.6 is 30.9 Å². The van der Waals surface area contributed by atoms with Crippen molar-refractivity contribution in [2.24, 2.45) is 7.05 Å². The lowest BCUT2D eigenvalue weighted by Crippen LogP contribution is -2.39. The predicted molar refractivity (Wildman–Crippen MR) is 125 cm³/mol. The van der Waals surface area contributed by atoms with Gasteiger partial charge in [0.05, 0.1) is 34.2 Å². The molecule has 0 bridgehead atoms. The van der Waals surface area contributed by atoms with Crippen molar-refractivity contribution >= 4 is 36.8 Å². The zero-order valence-corrected chi connectivity index (χ0v) is 21.3. The van der Waals surface area contributed by atoms with E-state index in [1.807, 2.05) is 0 Å². The number of hydrogen-bond donors (Lipinski definition) is 1. The molecule has 31 heavy (non-hydrogen) atoms. The molecule has 1 rings (SSSR count). The third-order valence-electron chi connectivity index (χ3n) is 5.28. The van der Waals surface area contributed by atoms with Crippen LogP contribution < -0.4 is 5.09 Å². The molecule has 1 unspecified atom stereocenters. The molecule has 180 valence electrons. The second kappa shape index (κ2) is 13.7. The van der Waals surface area contributed by atoms with Crippen molar-refractivity contribution in [3.05, 3.63) is 22.0 Å². The lowest BCUT2D eigenvalue weighted by Gasteiger charge is -2.30. The van der Waals surface area contributed by atoms with Gasteiger partial charge in [-0.2, -0.15) is 0 Å². The van der Waals surface area contributed by atoms with Gasteiger partial charge in [-0.05, 0) is 31.1 Å². The number of hydrogen-bond acceptors (Lipinski definition) is 5. The van der Waals surface area contributed by atoms with E-state index in [1.54, 1.807) is 4.67 Å². The van der Waals surface area contributed by atoms with Crippen LogP contribution in [0.2, 0.25) is 0 Å². The minimum absolute atomic E-state index is 0.0924. The van der Waals surface area contributed by atoms with Gasteiger partial charge in [-0.25, -0.2) is 14.3 Å². The van der Waals surface area contributed by atoms with E-state index in [0.29, 0.717) is 25.3 Å². The number of rotatable bonds is 17.